The highest BCUT2D eigenvalue weighted by Gasteiger charge is 2.14. The van der Waals surface area contributed by atoms with Gasteiger partial charge in [-0.2, -0.15) is 0 Å². The highest BCUT2D eigenvalue weighted by atomic mass is 28.3. The normalized spacial score (nSPS) is 13.5. The van der Waals surface area contributed by atoms with Crippen LogP contribution in [-0.4, -0.2) is 18.8 Å². The van der Waals surface area contributed by atoms with Crippen molar-refractivity contribution < 1.29 is 5.11 Å². The third-order valence-corrected chi connectivity index (χ3v) is 4.54. The Bertz CT molecular complexity index is 409. The molecular formula is C21H38OSi. The molecule has 0 aliphatic heterocycles. The number of hydrogen-bond donors (Lipinski definition) is 1. The van der Waals surface area contributed by atoms with Crippen molar-refractivity contribution in [1.29, 1.82) is 0 Å². The Morgan fingerprint density at radius 1 is 0.783 bits per heavy atom. The van der Waals surface area contributed by atoms with E-state index in [1.807, 2.05) is 0 Å². The van der Waals surface area contributed by atoms with Gasteiger partial charge in [0.2, 0.25) is 0 Å². The smallest absolute Gasteiger partial charge is 0.183 e. The SMILES string of the molecule is CCCCCCCCCCCCC#CC(C)(O)C#C[Si](C)(C)C. The van der Waals surface area contributed by atoms with Gasteiger partial charge in [-0.25, -0.2) is 0 Å². The largest absolute Gasteiger partial charge is 0.367 e. The summed E-state index contributed by atoms with van der Waals surface area (Å²) in [6.07, 6.45) is 14.3. The molecule has 1 N–H and O–H groups in total. The Labute approximate surface area is 146 Å². The monoisotopic (exact) mass is 334 g/mol. The van der Waals surface area contributed by atoms with Crippen LogP contribution in [-0.2, 0) is 0 Å². The van der Waals surface area contributed by atoms with E-state index in [4.69, 9.17) is 0 Å². The van der Waals surface area contributed by atoms with Crippen LogP contribution >= 0.6 is 0 Å². The van der Waals surface area contributed by atoms with Gasteiger partial charge in [0.1, 0.15) is 8.07 Å². The first kappa shape index (κ1) is 22.3. The van der Waals surface area contributed by atoms with Gasteiger partial charge in [-0.15, -0.1) is 5.54 Å². The number of hydrogen-bond acceptors (Lipinski definition) is 1. The van der Waals surface area contributed by atoms with Crippen LogP contribution in [0.5, 0.6) is 0 Å². The molecule has 0 aromatic rings. The van der Waals surface area contributed by atoms with Crippen molar-refractivity contribution in [1.82, 2.24) is 0 Å². The molecule has 0 spiro atoms. The minimum Gasteiger partial charge on any atom is -0.367 e. The molecule has 0 aromatic carbocycles. The van der Waals surface area contributed by atoms with Crippen LogP contribution in [0.4, 0.5) is 0 Å². The van der Waals surface area contributed by atoms with Gasteiger partial charge in [0.15, 0.2) is 5.60 Å². The molecule has 2 heteroatoms. The van der Waals surface area contributed by atoms with E-state index in [9.17, 15) is 5.11 Å². The van der Waals surface area contributed by atoms with Crippen molar-refractivity contribution in [2.75, 3.05) is 0 Å². The zero-order chi connectivity index (χ0) is 17.6. The Hall–Kier alpha value is -0.703. The first-order valence-electron chi connectivity index (χ1n) is 9.53. The van der Waals surface area contributed by atoms with Gasteiger partial charge in [0.05, 0.1) is 0 Å². The molecule has 0 aliphatic rings. The summed E-state index contributed by atoms with van der Waals surface area (Å²) in [6.45, 7) is 10.5. The lowest BCUT2D eigenvalue weighted by Gasteiger charge is -2.10. The Balaban J connectivity index is 3.67. The van der Waals surface area contributed by atoms with Crippen LogP contribution in [0, 0.1) is 23.3 Å². The van der Waals surface area contributed by atoms with Crippen LogP contribution in [0.25, 0.3) is 0 Å². The van der Waals surface area contributed by atoms with Crippen LogP contribution in [0.3, 0.4) is 0 Å². The molecule has 0 saturated carbocycles. The lowest BCUT2D eigenvalue weighted by atomic mass is 10.1. The number of unbranched alkanes of at least 4 members (excludes halogenated alkanes) is 10. The van der Waals surface area contributed by atoms with Crippen molar-refractivity contribution in [3.8, 4) is 23.3 Å². The minimum atomic E-state index is -1.44. The highest BCUT2D eigenvalue weighted by Crippen LogP contribution is 2.11. The van der Waals surface area contributed by atoms with Crippen molar-refractivity contribution in [2.45, 2.75) is 110 Å². The van der Waals surface area contributed by atoms with E-state index >= 15 is 0 Å². The van der Waals surface area contributed by atoms with E-state index in [1.165, 1.54) is 57.8 Å². The summed E-state index contributed by atoms with van der Waals surface area (Å²) in [6, 6.07) is 0. The number of aliphatic hydroxyl groups is 1. The molecule has 0 radical (unpaired) electrons. The van der Waals surface area contributed by atoms with Crippen molar-refractivity contribution >= 4 is 8.07 Å². The summed E-state index contributed by atoms with van der Waals surface area (Å²) in [7, 11) is -1.44. The van der Waals surface area contributed by atoms with E-state index in [1.54, 1.807) is 6.92 Å². The van der Waals surface area contributed by atoms with Crippen LogP contribution in [0.2, 0.25) is 19.6 Å². The van der Waals surface area contributed by atoms with Crippen molar-refractivity contribution in [3.05, 3.63) is 0 Å². The van der Waals surface area contributed by atoms with E-state index < -0.39 is 13.7 Å². The molecule has 0 bridgehead atoms. The second kappa shape index (κ2) is 12.7. The maximum Gasteiger partial charge on any atom is 0.183 e. The van der Waals surface area contributed by atoms with Gasteiger partial charge in [-0.05, 0) is 13.3 Å². The first-order valence-corrected chi connectivity index (χ1v) is 13.0. The number of rotatable bonds is 10. The lowest BCUT2D eigenvalue weighted by Crippen LogP contribution is -2.23. The third-order valence-electron chi connectivity index (χ3n) is 3.67. The molecule has 0 saturated heterocycles. The van der Waals surface area contributed by atoms with E-state index in [2.05, 4.69) is 49.9 Å². The topological polar surface area (TPSA) is 20.2 Å². The zero-order valence-electron chi connectivity index (χ0n) is 16.2. The first-order chi connectivity index (χ1) is 10.8. The minimum absolute atomic E-state index is 0.876. The second-order valence-electron chi connectivity index (χ2n) is 7.81. The fourth-order valence-corrected chi connectivity index (χ4v) is 2.89. The average Bonchev–Trinajstić information content (AvgIpc) is 2.46. The molecule has 23 heavy (non-hydrogen) atoms. The molecule has 0 fully saturated rings. The molecule has 0 aliphatic carbocycles. The van der Waals surface area contributed by atoms with E-state index in [-0.39, 0.29) is 0 Å². The third kappa shape index (κ3) is 17.5. The summed E-state index contributed by atoms with van der Waals surface area (Å²) in [5.41, 5.74) is 2.05. The van der Waals surface area contributed by atoms with Crippen LogP contribution in [0.15, 0.2) is 0 Å². The van der Waals surface area contributed by atoms with Gasteiger partial charge in [-0.3, -0.25) is 0 Å². The van der Waals surface area contributed by atoms with Gasteiger partial charge in [-0.1, -0.05) is 102 Å². The summed E-state index contributed by atoms with van der Waals surface area (Å²) >= 11 is 0. The van der Waals surface area contributed by atoms with E-state index in [0.717, 1.165) is 12.8 Å². The second-order valence-corrected chi connectivity index (χ2v) is 12.6. The Morgan fingerprint density at radius 2 is 1.26 bits per heavy atom. The molecular weight excluding hydrogens is 296 g/mol. The molecule has 0 rings (SSSR count). The fraction of sp³-hybridized carbons (Fsp3) is 0.810. The quantitative estimate of drug-likeness (QED) is 0.298. The van der Waals surface area contributed by atoms with Crippen LogP contribution < -0.4 is 0 Å². The molecule has 0 aromatic heterocycles. The molecule has 132 valence electrons. The predicted molar refractivity (Wildman–Crippen MR) is 106 cm³/mol. The molecule has 1 unspecified atom stereocenters. The fourth-order valence-electron chi connectivity index (χ4n) is 2.28. The Kier molecular flexibility index (Phi) is 12.3. The summed E-state index contributed by atoms with van der Waals surface area (Å²) < 4.78 is 0. The van der Waals surface area contributed by atoms with Gasteiger partial charge < -0.3 is 5.11 Å². The van der Waals surface area contributed by atoms with E-state index in [0.29, 0.717) is 0 Å². The maximum absolute atomic E-state index is 10.1. The summed E-state index contributed by atoms with van der Waals surface area (Å²) in [4.78, 5) is 0. The Morgan fingerprint density at radius 3 is 1.74 bits per heavy atom. The highest BCUT2D eigenvalue weighted by molar-refractivity contribution is 6.83. The van der Waals surface area contributed by atoms with Crippen molar-refractivity contribution in [3.63, 3.8) is 0 Å². The summed E-state index contributed by atoms with van der Waals surface area (Å²) in [5.74, 6) is 8.95. The summed E-state index contributed by atoms with van der Waals surface area (Å²) in [5, 5.41) is 10.1. The zero-order valence-corrected chi connectivity index (χ0v) is 17.2. The maximum atomic E-state index is 10.1. The van der Waals surface area contributed by atoms with Gasteiger partial charge in [0.25, 0.3) is 0 Å². The lowest BCUT2D eigenvalue weighted by molar-refractivity contribution is 0.184. The van der Waals surface area contributed by atoms with Gasteiger partial charge >= 0.3 is 0 Å². The van der Waals surface area contributed by atoms with Gasteiger partial charge in [0, 0.05) is 6.42 Å². The van der Waals surface area contributed by atoms with Crippen molar-refractivity contribution in [2.24, 2.45) is 0 Å². The standard InChI is InChI=1S/C21H38OSi/c1-6-7-8-9-10-11-12-13-14-15-16-17-18-21(2,22)19-20-23(3,4)5/h22H,6-16H2,1-5H3. The van der Waals surface area contributed by atoms with Crippen LogP contribution in [0.1, 0.15) is 84.5 Å². The average molecular weight is 335 g/mol. The predicted octanol–water partition coefficient (Wildman–Crippen LogP) is 5.93. The molecule has 1 nitrogen and oxygen atoms in total. The molecule has 0 amide bonds. The molecule has 1 atom stereocenters. The molecule has 0 heterocycles.